The molecule has 0 saturated carbocycles. The molecular formula is C13H21NO2S. The minimum Gasteiger partial charge on any atom is -0.481 e. The number of nitrogens with one attached hydrogen (secondary N) is 1. The lowest BCUT2D eigenvalue weighted by Gasteiger charge is -2.25. The Labute approximate surface area is 107 Å². The zero-order chi connectivity index (χ0) is 12.9. The molecule has 1 heterocycles. The van der Waals surface area contributed by atoms with E-state index < -0.39 is 5.97 Å². The molecule has 0 radical (unpaired) electrons. The van der Waals surface area contributed by atoms with Gasteiger partial charge in [0.2, 0.25) is 0 Å². The molecule has 1 atom stereocenters. The molecule has 1 aromatic rings. The fraction of sp³-hybridized carbons (Fsp3) is 0.615. The van der Waals surface area contributed by atoms with Gasteiger partial charge in [0.1, 0.15) is 0 Å². The minimum absolute atomic E-state index is 0.0367. The van der Waals surface area contributed by atoms with Crippen LogP contribution in [0.5, 0.6) is 0 Å². The van der Waals surface area contributed by atoms with Gasteiger partial charge in [0.05, 0.1) is 6.42 Å². The molecule has 1 unspecified atom stereocenters. The molecule has 1 aromatic heterocycles. The molecule has 0 aliphatic carbocycles. The van der Waals surface area contributed by atoms with Crippen LogP contribution in [0.2, 0.25) is 0 Å². The number of hydrogen-bond donors (Lipinski definition) is 2. The van der Waals surface area contributed by atoms with Gasteiger partial charge >= 0.3 is 5.97 Å². The average Bonchev–Trinajstić information content (AvgIpc) is 2.62. The third kappa shape index (κ3) is 6.44. The second-order valence-corrected chi connectivity index (χ2v) is 6.55. The summed E-state index contributed by atoms with van der Waals surface area (Å²) in [6.45, 7) is 7.16. The summed E-state index contributed by atoms with van der Waals surface area (Å²) in [5, 5.41) is 14.3. The largest absolute Gasteiger partial charge is 0.481 e. The van der Waals surface area contributed by atoms with Crippen molar-refractivity contribution in [2.24, 2.45) is 5.41 Å². The first-order valence-electron chi connectivity index (χ1n) is 5.84. The van der Waals surface area contributed by atoms with Crippen LogP contribution in [-0.4, -0.2) is 17.1 Å². The maximum Gasteiger partial charge on any atom is 0.304 e. The molecule has 0 amide bonds. The van der Waals surface area contributed by atoms with E-state index >= 15 is 0 Å². The van der Waals surface area contributed by atoms with Gasteiger partial charge in [0.25, 0.3) is 0 Å². The van der Waals surface area contributed by atoms with Crippen LogP contribution in [0.3, 0.4) is 0 Å². The van der Waals surface area contributed by atoms with E-state index in [9.17, 15) is 4.79 Å². The molecule has 0 aliphatic rings. The lowest BCUT2D eigenvalue weighted by Crippen LogP contribution is -2.34. The number of carbonyl (C=O) groups is 1. The van der Waals surface area contributed by atoms with Gasteiger partial charge in [-0.15, -0.1) is 11.3 Å². The molecule has 0 saturated heterocycles. The van der Waals surface area contributed by atoms with E-state index in [1.807, 2.05) is 11.4 Å². The van der Waals surface area contributed by atoms with Crippen molar-refractivity contribution in [3.05, 3.63) is 22.4 Å². The topological polar surface area (TPSA) is 49.3 Å². The molecule has 0 spiro atoms. The number of aliphatic carboxylic acids is 1. The van der Waals surface area contributed by atoms with E-state index in [0.717, 1.165) is 13.0 Å². The van der Waals surface area contributed by atoms with E-state index in [2.05, 4.69) is 32.2 Å². The maximum atomic E-state index is 10.8. The summed E-state index contributed by atoms with van der Waals surface area (Å²) in [4.78, 5) is 12.1. The molecule has 0 aliphatic heterocycles. The van der Waals surface area contributed by atoms with Crippen molar-refractivity contribution in [1.29, 1.82) is 0 Å². The molecule has 3 nitrogen and oxygen atoms in total. The van der Waals surface area contributed by atoms with E-state index in [-0.39, 0.29) is 17.9 Å². The highest BCUT2D eigenvalue weighted by molar-refractivity contribution is 7.09. The number of rotatable bonds is 6. The Hall–Kier alpha value is -0.870. The Morgan fingerprint density at radius 1 is 1.53 bits per heavy atom. The molecule has 96 valence electrons. The highest BCUT2D eigenvalue weighted by Crippen LogP contribution is 2.22. The number of hydrogen-bond acceptors (Lipinski definition) is 3. The maximum absolute atomic E-state index is 10.8. The van der Waals surface area contributed by atoms with Crippen LogP contribution in [0.15, 0.2) is 17.5 Å². The first kappa shape index (κ1) is 14.2. The molecule has 2 N–H and O–H groups in total. The average molecular weight is 255 g/mol. The quantitative estimate of drug-likeness (QED) is 0.821. The zero-order valence-electron chi connectivity index (χ0n) is 10.7. The Kier molecular flexibility index (Phi) is 5.15. The van der Waals surface area contributed by atoms with Gasteiger partial charge in [-0.2, -0.15) is 0 Å². The molecule has 0 aromatic carbocycles. The van der Waals surface area contributed by atoms with Crippen LogP contribution >= 0.6 is 11.3 Å². The van der Waals surface area contributed by atoms with Crippen LogP contribution in [0, 0.1) is 5.41 Å². The molecule has 1 rings (SSSR count). The molecule has 0 bridgehead atoms. The summed E-state index contributed by atoms with van der Waals surface area (Å²) in [7, 11) is 0. The second-order valence-electron chi connectivity index (χ2n) is 5.52. The van der Waals surface area contributed by atoms with E-state index in [0.29, 0.717) is 0 Å². The van der Waals surface area contributed by atoms with E-state index in [1.165, 1.54) is 4.88 Å². The smallest absolute Gasteiger partial charge is 0.304 e. The van der Waals surface area contributed by atoms with Crippen molar-refractivity contribution >= 4 is 17.3 Å². The number of thiophene rings is 1. The first-order valence-corrected chi connectivity index (χ1v) is 6.72. The standard InChI is InChI=1S/C13H21NO2S/c1-13(2,3)8-10(7-12(15)16)14-9-11-5-4-6-17-11/h4-6,10,14H,7-9H2,1-3H3,(H,15,16). The predicted octanol–water partition coefficient (Wildman–Crippen LogP) is 3.12. The first-order chi connectivity index (χ1) is 7.87. The van der Waals surface area contributed by atoms with Crippen molar-refractivity contribution in [2.45, 2.75) is 46.2 Å². The lowest BCUT2D eigenvalue weighted by molar-refractivity contribution is -0.137. The van der Waals surface area contributed by atoms with Gasteiger partial charge in [0.15, 0.2) is 0 Å². The second kappa shape index (κ2) is 6.17. The molecular weight excluding hydrogens is 234 g/mol. The van der Waals surface area contributed by atoms with Crippen LogP contribution in [-0.2, 0) is 11.3 Å². The summed E-state index contributed by atoms with van der Waals surface area (Å²) in [6, 6.07) is 4.11. The summed E-state index contributed by atoms with van der Waals surface area (Å²) in [5.41, 5.74) is 0.141. The Morgan fingerprint density at radius 3 is 2.71 bits per heavy atom. The Morgan fingerprint density at radius 2 is 2.24 bits per heavy atom. The normalized spacial score (nSPS) is 13.6. The number of carboxylic acid groups (broad SMARTS) is 1. The number of carboxylic acids is 1. The van der Waals surface area contributed by atoms with Crippen molar-refractivity contribution in [1.82, 2.24) is 5.32 Å². The van der Waals surface area contributed by atoms with Crippen molar-refractivity contribution < 1.29 is 9.90 Å². The van der Waals surface area contributed by atoms with Crippen LogP contribution in [0.4, 0.5) is 0 Å². The van der Waals surface area contributed by atoms with E-state index in [1.54, 1.807) is 11.3 Å². The Balaban J connectivity index is 2.48. The van der Waals surface area contributed by atoms with Gasteiger partial charge in [-0.05, 0) is 23.3 Å². The van der Waals surface area contributed by atoms with Crippen LogP contribution < -0.4 is 5.32 Å². The SMILES string of the molecule is CC(C)(C)CC(CC(=O)O)NCc1cccs1. The van der Waals surface area contributed by atoms with Crippen LogP contribution in [0.25, 0.3) is 0 Å². The highest BCUT2D eigenvalue weighted by Gasteiger charge is 2.20. The highest BCUT2D eigenvalue weighted by atomic mass is 32.1. The lowest BCUT2D eigenvalue weighted by atomic mass is 9.87. The molecule has 4 heteroatoms. The van der Waals surface area contributed by atoms with Gasteiger partial charge in [0, 0.05) is 17.5 Å². The summed E-state index contributed by atoms with van der Waals surface area (Å²) in [5.74, 6) is -0.738. The summed E-state index contributed by atoms with van der Waals surface area (Å²) < 4.78 is 0. The fourth-order valence-electron chi connectivity index (χ4n) is 1.82. The fourth-order valence-corrected chi connectivity index (χ4v) is 2.48. The van der Waals surface area contributed by atoms with E-state index in [4.69, 9.17) is 5.11 Å². The van der Waals surface area contributed by atoms with Gasteiger partial charge in [-0.25, -0.2) is 0 Å². The zero-order valence-corrected chi connectivity index (χ0v) is 11.5. The van der Waals surface area contributed by atoms with Crippen molar-refractivity contribution in [3.63, 3.8) is 0 Å². The van der Waals surface area contributed by atoms with Gasteiger partial charge in [-0.1, -0.05) is 26.8 Å². The molecule has 17 heavy (non-hydrogen) atoms. The monoisotopic (exact) mass is 255 g/mol. The van der Waals surface area contributed by atoms with Gasteiger partial charge < -0.3 is 10.4 Å². The summed E-state index contributed by atoms with van der Waals surface area (Å²) >= 11 is 1.69. The van der Waals surface area contributed by atoms with Gasteiger partial charge in [-0.3, -0.25) is 4.79 Å². The summed E-state index contributed by atoms with van der Waals surface area (Å²) in [6.07, 6.45) is 1.05. The molecule has 0 fully saturated rings. The third-order valence-corrected chi connectivity index (χ3v) is 3.30. The predicted molar refractivity (Wildman–Crippen MR) is 71.3 cm³/mol. The third-order valence-electron chi connectivity index (χ3n) is 2.42. The van der Waals surface area contributed by atoms with Crippen molar-refractivity contribution in [2.75, 3.05) is 0 Å². The Bertz CT molecular complexity index is 341. The minimum atomic E-state index is -0.738. The van der Waals surface area contributed by atoms with Crippen LogP contribution in [0.1, 0.15) is 38.5 Å². The van der Waals surface area contributed by atoms with Crippen molar-refractivity contribution in [3.8, 4) is 0 Å².